The van der Waals surface area contributed by atoms with Gasteiger partial charge < -0.3 is 11.1 Å². The van der Waals surface area contributed by atoms with Crippen LogP contribution in [0.25, 0.3) is 0 Å². The highest BCUT2D eigenvalue weighted by Gasteiger charge is 2.08. The Morgan fingerprint density at radius 3 is 2.37 bits per heavy atom. The number of benzene rings is 1. The van der Waals surface area contributed by atoms with Crippen LogP contribution in [0.2, 0.25) is 0 Å². The highest BCUT2D eigenvalue weighted by Crippen LogP contribution is 2.12. The molecule has 106 valence electrons. The second-order valence-electron chi connectivity index (χ2n) is 4.60. The molecule has 0 radical (unpaired) electrons. The van der Waals surface area contributed by atoms with Crippen molar-refractivity contribution in [2.75, 3.05) is 11.9 Å². The fourth-order valence-corrected chi connectivity index (χ4v) is 2.19. The van der Waals surface area contributed by atoms with E-state index in [4.69, 9.17) is 10.9 Å². The number of hydrogen-bond donors (Lipinski definition) is 3. The van der Waals surface area contributed by atoms with Gasteiger partial charge in [-0.15, -0.1) is 0 Å². The lowest BCUT2D eigenvalue weighted by Gasteiger charge is -2.09. The molecule has 0 fully saturated rings. The van der Waals surface area contributed by atoms with Crippen molar-refractivity contribution >= 4 is 21.6 Å². The van der Waals surface area contributed by atoms with Crippen molar-refractivity contribution in [3.63, 3.8) is 0 Å². The molecule has 7 heteroatoms. The van der Waals surface area contributed by atoms with Gasteiger partial charge in [-0.3, -0.25) is 4.79 Å². The first-order valence-electron chi connectivity index (χ1n) is 5.89. The van der Waals surface area contributed by atoms with E-state index in [0.717, 1.165) is 0 Å². The number of amides is 1. The average Bonchev–Trinajstić information content (AvgIpc) is 2.29. The van der Waals surface area contributed by atoms with Crippen LogP contribution in [0.15, 0.2) is 24.3 Å². The number of primary sulfonamides is 1. The van der Waals surface area contributed by atoms with Gasteiger partial charge in [0.25, 0.3) is 0 Å². The molecule has 19 heavy (non-hydrogen) atoms. The zero-order valence-corrected chi connectivity index (χ0v) is 11.6. The summed E-state index contributed by atoms with van der Waals surface area (Å²) in [5, 5.41) is 7.67. The second-order valence-corrected chi connectivity index (χ2v) is 6.21. The van der Waals surface area contributed by atoms with Gasteiger partial charge in [-0.25, -0.2) is 13.6 Å². The third kappa shape index (κ3) is 6.32. The van der Waals surface area contributed by atoms with Crippen molar-refractivity contribution in [3.8, 4) is 0 Å². The van der Waals surface area contributed by atoms with Gasteiger partial charge in [0.15, 0.2) is 0 Å². The molecule has 0 aliphatic rings. The quantitative estimate of drug-likeness (QED) is 0.701. The number of sulfonamides is 1. The first-order chi connectivity index (χ1) is 8.80. The highest BCUT2D eigenvalue weighted by atomic mass is 32.2. The number of carbonyl (C=O) groups is 1. The van der Waals surface area contributed by atoms with Crippen LogP contribution >= 0.6 is 0 Å². The number of hydrogen-bond acceptors (Lipinski definition) is 4. The first-order valence-corrected chi connectivity index (χ1v) is 7.61. The summed E-state index contributed by atoms with van der Waals surface area (Å²) in [4.78, 5) is 11.6. The first kappa shape index (κ1) is 15.6. The van der Waals surface area contributed by atoms with Gasteiger partial charge in [0.2, 0.25) is 15.9 Å². The molecule has 1 rings (SSSR count). The smallest absolute Gasteiger partial charge is 0.224 e. The third-order valence-corrected chi connectivity index (χ3v) is 3.28. The van der Waals surface area contributed by atoms with Crippen molar-refractivity contribution in [1.82, 2.24) is 0 Å². The Balaban J connectivity index is 2.60. The molecule has 0 saturated heterocycles. The van der Waals surface area contributed by atoms with Gasteiger partial charge in [0.05, 0.1) is 5.75 Å². The van der Waals surface area contributed by atoms with Gasteiger partial charge in [-0.1, -0.05) is 19.1 Å². The molecule has 1 atom stereocenters. The predicted octanol–water partition coefficient (Wildman–Crippen LogP) is 0.399. The monoisotopic (exact) mass is 285 g/mol. The molecule has 6 nitrogen and oxygen atoms in total. The van der Waals surface area contributed by atoms with Crippen LogP contribution in [0.1, 0.15) is 18.9 Å². The maximum absolute atomic E-state index is 11.6. The highest BCUT2D eigenvalue weighted by molar-refractivity contribution is 7.88. The van der Waals surface area contributed by atoms with Gasteiger partial charge in [-0.05, 0) is 30.2 Å². The number of carbonyl (C=O) groups excluding carboxylic acids is 1. The number of anilines is 1. The third-order valence-electron chi connectivity index (χ3n) is 2.54. The van der Waals surface area contributed by atoms with E-state index in [1.165, 1.54) is 0 Å². The number of nitrogens with two attached hydrogens (primary N) is 2. The fourth-order valence-electron chi connectivity index (χ4n) is 1.53. The molecule has 0 bridgehead atoms. The van der Waals surface area contributed by atoms with Crippen LogP contribution in [0.4, 0.5) is 5.69 Å². The van der Waals surface area contributed by atoms with E-state index in [1.54, 1.807) is 24.3 Å². The zero-order chi connectivity index (χ0) is 14.5. The Morgan fingerprint density at radius 1 is 1.32 bits per heavy atom. The molecular weight excluding hydrogens is 266 g/mol. The van der Waals surface area contributed by atoms with E-state index >= 15 is 0 Å². The van der Waals surface area contributed by atoms with E-state index in [9.17, 15) is 13.2 Å². The summed E-state index contributed by atoms with van der Waals surface area (Å²) >= 11 is 0. The van der Waals surface area contributed by atoms with Crippen LogP contribution in [-0.4, -0.2) is 20.9 Å². The molecule has 0 aromatic heterocycles. The Morgan fingerprint density at radius 2 is 1.89 bits per heavy atom. The lowest BCUT2D eigenvalue weighted by atomic mass is 10.1. The lowest BCUT2D eigenvalue weighted by molar-refractivity contribution is -0.116. The van der Waals surface area contributed by atoms with Crippen LogP contribution in [-0.2, 0) is 20.6 Å². The Bertz CT molecular complexity index is 526. The Labute approximate surface area is 113 Å². The minimum Gasteiger partial charge on any atom is -0.330 e. The van der Waals surface area contributed by atoms with Gasteiger partial charge in [-0.2, -0.15) is 0 Å². The van der Waals surface area contributed by atoms with Gasteiger partial charge in [0, 0.05) is 12.1 Å². The zero-order valence-electron chi connectivity index (χ0n) is 10.8. The molecule has 0 spiro atoms. The average molecular weight is 285 g/mol. The Hall–Kier alpha value is -1.44. The van der Waals surface area contributed by atoms with Crippen LogP contribution in [0.5, 0.6) is 0 Å². The van der Waals surface area contributed by atoms with Crippen LogP contribution in [0.3, 0.4) is 0 Å². The molecule has 0 aliphatic heterocycles. The summed E-state index contributed by atoms with van der Waals surface area (Å²) in [6.07, 6.45) is 0.357. The lowest BCUT2D eigenvalue weighted by Crippen LogP contribution is -2.20. The summed E-state index contributed by atoms with van der Waals surface area (Å²) in [5.74, 6) is -0.204. The maximum atomic E-state index is 11.6. The van der Waals surface area contributed by atoms with E-state index in [1.807, 2.05) is 6.92 Å². The minimum atomic E-state index is -3.53. The van der Waals surface area contributed by atoms with Gasteiger partial charge >= 0.3 is 0 Å². The SMILES string of the molecule is CC(CN)CC(=O)Nc1ccc(CS(N)(=O)=O)cc1. The maximum Gasteiger partial charge on any atom is 0.224 e. The summed E-state index contributed by atoms with van der Waals surface area (Å²) < 4.78 is 21.8. The largest absolute Gasteiger partial charge is 0.330 e. The second kappa shape index (κ2) is 6.65. The van der Waals surface area contributed by atoms with Crippen LogP contribution in [0, 0.1) is 5.92 Å². The van der Waals surface area contributed by atoms with Crippen LogP contribution < -0.4 is 16.2 Å². The summed E-state index contributed by atoms with van der Waals surface area (Å²) in [6.45, 7) is 2.36. The predicted molar refractivity (Wildman–Crippen MR) is 74.7 cm³/mol. The molecule has 1 aromatic carbocycles. The molecule has 1 unspecified atom stereocenters. The molecule has 1 aromatic rings. The minimum absolute atomic E-state index is 0.114. The normalized spacial score (nSPS) is 13.0. The fraction of sp³-hybridized carbons (Fsp3) is 0.417. The van der Waals surface area contributed by atoms with E-state index < -0.39 is 10.0 Å². The molecule has 0 aliphatic carbocycles. The molecule has 5 N–H and O–H groups in total. The van der Waals surface area contributed by atoms with Gasteiger partial charge in [0.1, 0.15) is 0 Å². The standard InChI is InChI=1S/C12H19N3O3S/c1-9(7-13)6-12(16)15-11-4-2-10(3-5-11)8-19(14,17)18/h2-5,9H,6-8,13H2,1H3,(H,15,16)(H2,14,17,18). The Kier molecular flexibility index (Phi) is 5.46. The molecule has 0 saturated carbocycles. The molecule has 1 amide bonds. The summed E-state index contributed by atoms with van der Waals surface area (Å²) in [5.41, 5.74) is 6.64. The van der Waals surface area contributed by atoms with E-state index in [-0.39, 0.29) is 17.6 Å². The van der Waals surface area contributed by atoms with Crippen molar-refractivity contribution in [2.24, 2.45) is 16.8 Å². The summed E-state index contributed by atoms with van der Waals surface area (Å²) in [6, 6.07) is 6.52. The van der Waals surface area contributed by atoms with E-state index in [0.29, 0.717) is 24.2 Å². The number of rotatable bonds is 6. The number of nitrogens with one attached hydrogen (secondary N) is 1. The van der Waals surface area contributed by atoms with Crippen molar-refractivity contribution in [1.29, 1.82) is 0 Å². The molecular formula is C12H19N3O3S. The van der Waals surface area contributed by atoms with E-state index in [2.05, 4.69) is 5.32 Å². The topological polar surface area (TPSA) is 115 Å². The van der Waals surface area contributed by atoms with Crippen molar-refractivity contribution < 1.29 is 13.2 Å². The van der Waals surface area contributed by atoms with Crippen molar-refractivity contribution in [3.05, 3.63) is 29.8 Å². The summed E-state index contributed by atoms with van der Waals surface area (Å²) in [7, 11) is -3.53. The molecule has 0 heterocycles. The van der Waals surface area contributed by atoms with Crippen molar-refractivity contribution in [2.45, 2.75) is 19.1 Å².